The number of esters is 3. The Morgan fingerprint density at radius 3 is 2.16 bits per heavy atom. The molecule has 55 heavy (non-hydrogen) atoms. The fourth-order valence-corrected chi connectivity index (χ4v) is 5.52. The minimum Gasteiger partial charge on any atom is -0.504 e. The fraction of sp³-hybridized carbons (Fsp3) is 0.452. The van der Waals surface area contributed by atoms with Crippen LogP contribution in [0.25, 0.3) is 0 Å². The molecule has 3 aromatic rings. The lowest BCUT2D eigenvalue weighted by atomic mass is 9.90. The molecule has 1 atom stereocenters. The first-order valence-electron chi connectivity index (χ1n) is 18.1. The molecule has 4 rings (SSSR count). The summed E-state index contributed by atoms with van der Waals surface area (Å²) in [5.41, 5.74) is -1.44. The Labute approximate surface area is 322 Å². The van der Waals surface area contributed by atoms with Crippen molar-refractivity contribution in [2.45, 2.75) is 117 Å². The molecule has 0 saturated carbocycles. The topological polar surface area (TPSA) is 168 Å². The van der Waals surface area contributed by atoms with Crippen LogP contribution in [-0.4, -0.2) is 63.8 Å². The monoisotopic (exact) mass is 760 g/mol. The summed E-state index contributed by atoms with van der Waals surface area (Å²) < 4.78 is 28.3. The van der Waals surface area contributed by atoms with Gasteiger partial charge in [0.15, 0.2) is 11.5 Å². The number of rotatable bonds is 13. The number of phenols is 1. The number of amides is 1. The van der Waals surface area contributed by atoms with Gasteiger partial charge in [-0.1, -0.05) is 41.6 Å². The summed E-state index contributed by atoms with van der Waals surface area (Å²) in [5.74, 6) is -2.09. The average Bonchev–Trinajstić information content (AvgIpc) is 3.49. The maximum atomic E-state index is 13.5. The molecule has 0 bridgehead atoms. The Bertz CT molecular complexity index is 1890. The second-order valence-electron chi connectivity index (χ2n) is 16.2. The molecule has 13 nitrogen and oxygen atoms in total. The van der Waals surface area contributed by atoms with Crippen molar-refractivity contribution in [2.75, 3.05) is 11.9 Å². The van der Waals surface area contributed by atoms with E-state index in [0.29, 0.717) is 35.2 Å². The van der Waals surface area contributed by atoms with Gasteiger partial charge in [0.1, 0.15) is 23.4 Å². The molecular weight excluding hydrogens is 708 g/mol. The second kappa shape index (κ2) is 17.3. The van der Waals surface area contributed by atoms with Crippen LogP contribution in [0.4, 0.5) is 10.5 Å². The number of nitrogens with zero attached hydrogens (tertiary/aromatic N) is 1. The lowest BCUT2D eigenvalue weighted by Crippen LogP contribution is -2.46. The number of ether oxygens (including phenoxy) is 5. The smallest absolute Gasteiger partial charge is 0.412 e. The molecule has 0 spiro atoms. The predicted octanol–water partition coefficient (Wildman–Crippen LogP) is 8.04. The van der Waals surface area contributed by atoms with E-state index in [0.717, 1.165) is 5.56 Å². The first kappa shape index (κ1) is 42.2. The highest BCUT2D eigenvalue weighted by Gasteiger charge is 2.52. The van der Waals surface area contributed by atoms with Gasteiger partial charge >= 0.3 is 24.0 Å². The number of carbonyl (C=O) groups excluding carboxylic acids is 4. The van der Waals surface area contributed by atoms with Gasteiger partial charge in [-0.25, -0.2) is 14.4 Å². The zero-order valence-electron chi connectivity index (χ0n) is 33.1. The second-order valence-corrected chi connectivity index (χ2v) is 16.2. The molecule has 1 unspecified atom stereocenters. The van der Waals surface area contributed by atoms with Crippen LogP contribution in [0.3, 0.4) is 0 Å². The first-order valence-corrected chi connectivity index (χ1v) is 18.1. The molecule has 1 aliphatic rings. The van der Waals surface area contributed by atoms with Crippen LogP contribution in [-0.2, 0) is 46.4 Å². The van der Waals surface area contributed by atoms with Crippen LogP contribution < -0.4 is 10.1 Å². The van der Waals surface area contributed by atoms with Crippen molar-refractivity contribution >= 4 is 35.4 Å². The number of carbonyl (C=O) groups is 4. The van der Waals surface area contributed by atoms with E-state index in [-0.39, 0.29) is 36.8 Å². The maximum Gasteiger partial charge on any atom is 0.412 e. The molecule has 0 aliphatic carbocycles. The summed E-state index contributed by atoms with van der Waals surface area (Å²) in [6.07, 6.45) is -0.573. The minimum absolute atomic E-state index is 0.0794. The zero-order valence-corrected chi connectivity index (χ0v) is 33.1. The van der Waals surface area contributed by atoms with Crippen molar-refractivity contribution in [3.8, 4) is 11.5 Å². The summed E-state index contributed by atoms with van der Waals surface area (Å²) in [7, 11) is 0. The third kappa shape index (κ3) is 12.8. The van der Waals surface area contributed by atoms with Gasteiger partial charge in [-0.2, -0.15) is 0 Å². The largest absolute Gasteiger partial charge is 0.504 e. The lowest BCUT2D eigenvalue weighted by molar-refractivity contribution is -0.188. The van der Waals surface area contributed by atoms with E-state index in [1.807, 2.05) is 30.3 Å². The van der Waals surface area contributed by atoms with Crippen molar-refractivity contribution < 1.29 is 52.8 Å². The van der Waals surface area contributed by atoms with E-state index in [2.05, 4.69) is 10.5 Å². The lowest BCUT2D eigenvalue weighted by Gasteiger charge is -2.29. The zero-order chi connectivity index (χ0) is 40.6. The van der Waals surface area contributed by atoms with E-state index in [1.165, 1.54) is 6.07 Å². The highest BCUT2D eigenvalue weighted by Crippen LogP contribution is 2.39. The highest BCUT2D eigenvalue weighted by molar-refractivity contribution is 6.07. The fourth-order valence-electron chi connectivity index (χ4n) is 5.52. The van der Waals surface area contributed by atoms with Crippen LogP contribution in [0.2, 0.25) is 0 Å². The van der Waals surface area contributed by atoms with Crippen LogP contribution in [0, 0.1) is 0 Å². The molecule has 0 saturated heterocycles. The Morgan fingerprint density at radius 1 is 0.836 bits per heavy atom. The number of aromatic hydroxyl groups is 1. The Morgan fingerprint density at radius 2 is 1.51 bits per heavy atom. The average molecular weight is 761 g/mol. The molecule has 1 aliphatic heterocycles. The standard InChI is InChI=1S/C42H52N2O11/c1-39(2,3)52-34(46)25-42(37(48)53-40(4,5)6)24-32(44-55-42)31-18-13-19-33(45)35(31)50-22-14-17-28-23-29(43-38(49)54-41(7,8)9)20-21-30(28)36(47)51-26-27-15-11-10-12-16-27/h10-13,15-16,18-21,23,45H,14,17,22,24-26H2,1-9H3,(H,43,49). The molecule has 3 aromatic carbocycles. The molecule has 296 valence electrons. The van der Waals surface area contributed by atoms with E-state index in [9.17, 15) is 24.3 Å². The number of nitrogens with one attached hydrogen (secondary N) is 1. The third-order valence-corrected chi connectivity index (χ3v) is 7.73. The van der Waals surface area contributed by atoms with Crippen molar-refractivity contribution in [3.63, 3.8) is 0 Å². The van der Waals surface area contributed by atoms with E-state index >= 15 is 0 Å². The molecule has 1 amide bonds. The minimum atomic E-state index is -1.81. The third-order valence-electron chi connectivity index (χ3n) is 7.73. The number of hydrogen-bond donors (Lipinski definition) is 2. The molecule has 0 radical (unpaired) electrons. The van der Waals surface area contributed by atoms with Crippen molar-refractivity contribution in [2.24, 2.45) is 5.16 Å². The predicted molar refractivity (Wildman–Crippen MR) is 205 cm³/mol. The van der Waals surface area contributed by atoms with Crippen molar-refractivity contribution in [3.05, 3.63) is 89.0 Å². The molecular formula is C42H52N2O11. The summed E-state index contributed by atoms with van der Waals surface area (Å²) >= 11 is 0. The van der Waals surface area contributed by atoms with Crippen LogP contribution in [0.1, 0.15) is 109 Å². The summed E-state index contributed by atoms with van der Waals surface area (Å²) in [5, 5.41) is 17.8. The SMILES string of the molecule is CC(C)(C)OC(=O)CC1(C(=O)OC(C)(C)C)CC(c2cccc(O)c2OCCCc2cc(NC(=O)OC(C)(C)C)ccc2C(=O)OCc2ccccc2)=NO1. The van der Waals surface area contributed by atoms with Crippen LogP contribution >= 0.6 is 0 Å². The number of benzene rings is 3. The Hall–Kier alpha value is -5.59. The number of oxime groups is 1. The first-order chi connectivity index (χ1) is 25.6. The molecule has 0 fully saturated rings. The van der Waals surface area contributed by atoms with E-state index in [4.69, 9.17) is 28.5 Å². The number of aryl methyl sites for hydroxylation is 1. The van der Waals surface area contributed by atoms with Gasteiger partial charge in [0.2, 0.25) is 5.60 Å². The Kier molecular flexibility index (Phi) is 13.2. The van der Waals surface area contributed by atoms with Gasteiger partial charge in [0, 0.05) is 17.7 Å². The molecule has 13 heteroatoms. The number of para-hydroxylation sites is 1. The van der Waals surface area contributed by atoms with Crippen LogP contribution in [0.15, 0.2) is 71.9 Å². The van der Waals surface area contributed by atoms with Gasteiger partial charge in [0.25, 0.3) is 0 Å². The van der Waals surface area contributed by atoms with E-state index < -0.39 is 52.8 Å². The van der Waals surface area contributed by atoms with Crippen LogP contribution in [0.5, 0.6) is 11.5 Å². The molecule has 1 heterocycles. The van der Waals surface area contributed by atoms with Gasteiger partial charge in [-0.05, 0) is 117 Å². The summed E-state index contributed by atoms with van der Waals surface area (Å²) in [4.78, 5) is 58.0. The van der Waals surface area contributed by atoms with Gasteiger partial charge in [0.05, 0.1) is 24.3 Å². The van der Waals surface area contributed by atoms with Gasteiger partial charge in [-0.15, -0.1) is 0 Å². The number of anilines is 1. The highest BCUT2D eigenvalue weighted by atomic mass is 16.7. The summed E-state index contributed by atoms with van der Waals surface area (Å²) in [6.45, 7) is 15.7. The normalized spacial score (nSPS) is 15.6. The van der Waals surface area contributed by atoms with Gasteiger partial charge < -0.3 is 33.6 Å². The molecule has 0 aromatic heterocycles. The van der Waals surface area contributed by atoms with Crippen molar-refractivity contribution in [1.82, 2.24) is 0 Å². The van der Waals surface area contributed by atoms with Crippen molar-refractivity contribution in [1.29, 1.82) is 0 Å². The quantitative estimate of drug-likeness (QED) is 0.0983. The van der Waals surface area contributed by atoms with E-state index in [1.54, 1.807) is 92.6 Å². The molecule has 2 N–H and O–H groups in total. The summed E-state index contributed by atoms with van der Waals surface area (Å²) in [6, 6.07) is 18.9. The Balaban J connectivity index is 1.52. The number of phenolic OH excluding ortho intramolecular Hbond substituents is 1. The maximum absolute atomic E-state index is 13.5. The number of hydrogen-bond acceptors (Lipinski definition) is 12. The van der Waals surface area contributed by atoms with Gasteiger partial charge in [-0.3, -0.25) is 10.1 Å².